The minimum absolute atomic E-state index is 0. The van der Waals surface area contributed by atoms with Crippen molar-refractivity contribution in [2.75, 3.05) is 0 Å². The summed E-state index contributed by atoms with van der Waals surface area (Å²) in [5.41, 5.74) is 0. The Morgan fingerprint density at radius 1 is 1.00 bits per heavy atom. The minimum atomic E-state index is 0. The van der Waals surface area contributed by atoms with Crippen molar-refractivity contribution in [3.8, 4) is 0 Å². The maximum Gasteiger partial charge on any atom is 3.00 e. The molecule has 6 nitrogen and oxygen atoms in total. The van der Waals surface area contributed by atoms with E-state index in [2.05, 4.69) is 0 Å². The molecule has 0 saturated heterocycles. The van der Waals surface area contributed by atoms with Crippen LogP contribution < -0.4 is 0 Å². The van der Waals surface area contributed by atoms with Crippen molar-refractivity contribution in [3.05, 3.63) is 20.2 Å². The van der Waals surface area contributed by atoms with Gasteiger partial charge < -0.3 is 20.2 Å². The fraction of sp³-hybridized carbons (Fsp3) is 0. The maximum atomic E-state index is 8.00. The van der Waals surface area contributed by atoms with Crippen molar-refractivity contribution >= 4 is 0 Å². The molecule has 0 radical (unpaired) electrons. The van der Waals surface area contributed by atoms with Crippen LogP contribution in [0.15, 0.2) is 10.7 Å². The Kier molecular flexibility index (Phi) is 134. The molecule has 0 bridgehead atoms. The molecule has 0 spiro atoms. The number of rotatable bonds is 0. The number of hydrogen-bond acceptors (Lipinski definition) is 6. The molecule has 0 aromatic rings. The summed E-state index contributed by atoms with van der Waals surface area (Å²) >= 11 is 0. The third-order valence-corrected chi connectivity index (χ3v) is 0. The van der Waals surface area contributed by atoms with E-state index in [-0.39, 0.29) is 16.8 Å². The van der Waals surface area contributed by atoms with E-state index in [9.17, 15) is 0 Å². The van der Waals surface area contributed by atoms with E-state index in [1.54, 1.807) is 0 Å². The largest absolute Gasteiger partial charge is 3.00 e. The fourth-order valence-electron chi connectivity index (χ4n) is 0. The van der Waals surface area contributed by atoms with Crippen molar-refractivity contribution in [2.24, 2.45) is 10.7 Å². The van der Waals surface area contributed by atoms with Gasteiger partial charge in [-0.3, -0.25) is 0 Å². The van der Waals surface area contributed by atoms with Gasteiger partial charge in [-0.25, -0.2) is 0 Å². The molecule has 7 heteroatoms. The van der Waals surface area contributed by atoms with E-state index in [1.807, 2.05) is 0 Å². The van der Waals surface area contributed by atoms with Gasteiger partial charge >= 0.3 is 16.8 Å². The molecule has 0 unspecified atom stereocenters. The molecule has 0 amide bonds. The summed E-state index contributed by atoms with van der Waals surface area (Å²) < 4.78 is 0. The Bertz CT molecular complexity index is 30.7. The third kappa shape index (κ3) is 121. The summed E-state index contributed by atoms with van der Waals surface area (Å²) in [6.07, 6.45) is 0. The second-order valence-electron chi connectivity index (χ2n) is 0.149. The number of hydrogen-bond donors (Lipinski definition) is 0. The van der Waals surface area contributed by atoms with Crippen molar-refractivity contribution in [1.82, 2.24) is 0 Å². The first kappa shape index (κ1) is 16.2. The number of nitrogens with zero attached hydrogens (tertiary/aromatic N) is 2. The fourth-order valence-corrected chi connectivity index (χ4v) is 0. The molecular weight excluding hydrogens is 151 g/mol. The summed E-state index contributed by atoms with van der Waals surface area (Å²) in [6.45, 7) is 0. The zero-order valence-electron chi connectivity index (χ0n) is 2.86. The van der Waals surface area contributed by atoms with Gasteiger partial charge in [0.15, 0.2) is 0 Å². The van der Waals surface area contributed by atoms with Gasteiger partial charge in [0.1, 0.15) is 0 Å². The Morgan fingerprint density at radius 3 is 1.00 bits per heavy atom. The second kappa shape index (κ2) is 57.7. The van der Waals surface area contributed by atoms with Crippen LogP contribution >= 0.6 is 0 Å². The van der Waals surface area contributed by atoms with Crippen LogP contribution in [0.2, 0.25) is 0 Å². The third-order valence-electron chi connectivity index (χ3n) is 0. The van der Waals surface area contributed by atoms with Gasteiger partial charge in [0, 0.05) is 0 Å². The topological polar surface area (TPSA) is 105 Å². The first-order valence-corrected chi connectivity index (χ1v) is 0.730. The van der Waals surface area contributed by atoms with Gasteiger partial charge in [0.2, 0.25) is 0 Å². The SMILES string of the molecule is O=N[O-].O=N[O-].[Co+3]. The molecule has 0 aromatic carbocycles. The van der Waals surface area contributed by atoms with Crippen LogP contribution in [-0.2, 0) is 16.8 Å². The normalized spacial score (nSPS) is 3.43. The van der Waals surface area contributed by atoms with Gasteiger partial charge in [-0.05, 0) is 0 Å². The average Bonchev–Trinajstić information content (AvgIpc) is 1.39. The van der Waals surface area contributed by atoms with Crippen LogP contribution in [0.3, 0.4) is 0 Å². The standard InChI is InChI=1S/Co.2HNO2/c;2*2-1-3/h;2*(H,2,3)/q+3;;/p-2. The van der Waals surface area contributed by atoms with E-state index < -0.39 is 0 Å². The molecule has 42 valence electrons. The van der Waals surface area contributed by atoms with Crippen LogP contribution in [-0.4, -0.2) is 0 Å². The van der Waals surface area contributed by atoms with Crippen molar-refractivity contribution in [2.45, 2.75) is 0 Å². The first-order chi connectivity index (χ1) is 2.83. The average molecular weight is 151 g/mol. The van der Waals surface area contributed by atoms with Gasteiger partial charge in [-0.15, -0.1) is 10.7 Å². The van der Waals surface area contributed by atoms with E-state index >= 15 is 0 Å². The van der Waals surface area contributed by atoms with E-state index in [1.165, 1.54) is 0 Å². The van der Waals surface area contributed by atoms with Crippen molar-refractivity contribution < 1.29 is 16.8 Å². The van der Waals surface area contributed by atoms with Gasteiger partial charge in [-0.2, -0.15) is 0 Å². The van der Waals surface area contributed by atoms with Gasteiger partial charge in [0.05, 0.1) is 0 Å². The molecule has 0 saturated carbocycles. The Balaban J connectivity index is -0.0000000400. The Morgan fingerprint density at radius 2 is 1.00 bits per heavy atom. The monoisotopic (exact) mass is 151 g/mol. The van der Waals surface area contributed by atoms with Crippen molar-refractivity contribution in [3.63, 3.8) is 0 Å². The second-order valence-corrected chi connectivity index (χ2v) is 0.149. The zero-order valence-corrected chi connectivity index (χ0v) is 3.90. The molecule has 0 aliphatic rings. The smallest absolute Gasteiger partial charge is 0.444 e. The molecule has 0 rings (SSSR count). The van der Waals surface area contributed by atoms with Crippen LogP contribution in [0.5, 0.6) is 0 Å². The van der Waals surface area contributed by atoms with Crippen molar-refractivity contribution in [1.29, 1.82) is 0 Å². The van der Waals surface area contributed by atoms with Crippen LogP contribution in [0, 0.1) is 20.2 Å². The zero-order chi connectivity index (χ0) is 5.41. The van der Waals surface area contributed by atoms with E-state index in [0.717, 1.165) is 10.7 Å². The molecule has 0 heterocycles. The maximum absolute atomic E-state index is 8.00. The summed E-state index contributed by atoms with van der Waals surface area (Å²) in [6, 6.07) is 0. The summed E-state index contributed by atoms with van der Waals surface area (Å²) in [7, 11) is 0. The molecule has 7 heavy (non-hydrogen) atoms. The molecule has 0 fully saturated rings. The van der Waals surface area contributed by atoms with Crippen LogP contribution in [0.1, 0.15) is 0 Å². The van der Waals surface area contributed by atoms with Crippen LogP contribution in [0.4, 0.5) is 0 Å². The molecule has 0 N–H and O–H groups in total. The molecular formula is CoN2O4+. The van der Waals surface area contributed by atoms with E-state index in [4.69, 9.17) is 20.2 Å². The Labute approximate surface area is 48.6 Å². The summed E-state index contributed by atoms with van der Waals surface area (Å²) in [5.74, 6) is 0. The first-order valence-electron chi connectivity index (χ1n) is 0.730. The summed E-state index contributed by atoms with van der Waals surface area (Å²) in [4.78, 5) is 16.0. The quantitative estimate of drug-likeness (QED) is 0.371. The predicted octanol–water partition coefficient (Wildman–Crippen LogP) is 0.499. The predicted molar refractivity (Wildman–Crippen MR) is 18.3 cm³/mol. The molecule has 0 aromatic heterocycles. The minimum Gasteiger partial charge on any atom is -0.444 e. The van der Waals surface area contributed by atoms with Gasteiger partial charge in [-0.1, -0.05) is 0 Å². The summed E-state index contributed by atoms with van der Waals surface area (Å²) in [5, 5.41) is 18.0. The van der Waals surface area contributed by atoms with Crippen LogP contribution in [0.25, 0.3) is 0 Å². The molecule has 0 aliphatic heterocycles. The molecule has 0 atom stereocenters. The molecule has 0 aliphatic carbocycles. The van der Waals surface area contributed by atoms with E-state index in [0.29, 0.717) is 0 Å². The Hall–Kier alpha value is -0.694. The van der Waals surface area contributed by atoms with Gasteiger partial charge in [0.25, 0.3) is 0 Å².